The van der Waals surface area contributed by atoms with Crippen LogP contribution in [-0.4, -0.2) is 6.54 Å². The van der Waals surface area contributed by atoms with Crippen LogP contribution in [0.2, 0.25) is 10.0 Å². The second kappa shape index (κ2) is 6.99. The molecule has 0 aliphatic heterocycles. The van der Waals surface area contributed by atoms with Gasteiger partial charge in [-0.1, -0.05) is 42.3 Å². The van der Waals surface area contributed by atoms with E-state index < -0.39 is 0 Å². The Bertz CT molecular complexity index is 511. The zero-order valence-corrected chi connectivity index (χ0v) is 12.3. The van der Waals surface area contributed by atoms with E-state index in [1.807, 2.05) is 24.3 Å². The summed E-state index contributed by atoms with van der Waals surface area (Å²) in [5.74, 6) is 0. The Hall–Kier alpha value is -0.960. The van der Waals surface area contributed by atoms with Crippen LogP contribution in [0.3, 0.4) is 0 Å². The Kier molecular flexibility index (Phi) is 5.32. The molecular weight excluding hydrogens is 281 g/mol. The summed E-state index contributed by atoms with van der Waals surface area (Å²) in [6.45, 7) is 3.08. The van der Waals surface area contributed by atoms with Gasteiger partial charge in [-0.15, -0.1) is 0 Å². The molecule has 2 nitrogen and oxygen atoms in total. The van der Waals surface area contributed by atoms with E-state index in [-0.39, 0.29) is 6.04 Å². The van der Waals surface area contributed by atoms with Gasteiger partial charge in [0, 0.05) is 6.04 Å². The minimum atomic E-state index is 0.142. The molecule has 0 saturated heterocycles. The fourth-order valence-electron chi connectivity index (χ4n) is 2.04. The molecule has 4 heteroatoms. The summed E-state index contributed by atoms with van der Waals surface area (Å²) in [6.07, 6.45) is 5.35. The van der Waals surface area contributed by atoms with Gasteiger partial charge in [0.05, 0.1) is 22.6 Å². The Morgan fingerprint density at radius 1 is 1.26 bits per heavy atom. The zero-order chi connectivity index (χ0) is 13.7. The SMILES string of the molecule is CCCNC(Cc1ccoc1)c1cccc(Cl)c1Cl. The molecule has 19 heavy (non-hydrogen) atoms. The maximum absolute atomic E-state index is 6.31. The van der Waals surface area contributed by atoms with Crippen LogP contribution in [0.5, 0.6) is 0 Å². The number of hydrogen-bond acceptors (Lipinski definition) is 2. The van der Waals surface area contributed by atoms with Crippen molar-refractivity contribution in [1.29, 1.82) is 0 Å². The van der Waals surface area contributed by atoms with Crippen molar-refractivity contribution in [2.75, 3.05) is 6.54 Å². The molecule has 2 rings (SSSR count). The Balaban J connectivity index is 2.23. The highest BCUT2D eigenvalue weighted by molar-refractivity contribution is 6.42. The topological polar surface area (TPSA) is 25.2 Å². The van der Waals surface area contributed by atoms with E-state index in [0.717, 1.165) is 30.5 Å². The molecule has 0 aliphatic rings. The van der Waals surface area contributed by atoms with E-state index in [2.05, 4.69) is 12.2 Å². The van der Waals surface area contributed by atoms with Crippen molar-refractivity contribution in [3.05, 3.63) is 58.0 Å². The van der Waals surface area contributed by atoms with Gasteiger partial charge < -0.3 is 9.73 Å². The Labute approximate surface area is 123 Å². The van der Waals surface area contributed by atoms with Gasteiger partial charge in [-0.2, -0.15) is 0 Å². The maximum Gasteiger partial charge on any atom is 0.0935 e. The Morgan fingerprint density at radius 2 is 2.11 bits per heavy atom. The van der Waals surface area contributed by atoms with E-state index >= 15 is 0 Å². The first kappa shape index (κ1) is 14.4. The molecule has 0 spiro atoms. The fraction of sp³-hybridized carbons (Fsp3) is 0.333. The van der Waals surface area contributed by atoms with Gasteiger partial charge in [-0.3, -0.25) is 0 Å². The quantitative estimate of drug-likeness (QED) is 0.823. The first-order valence-corrected chi connectivity index (χ1v) is 7.16. The summed E-state index contributed by atoms with van der Waals surface area (Å²) in [5.41, 5.74) is 2.17. The van der Waals surface area contributed by atoms with Crippen LogP contribution in [0.1, 0.15) is 30.5 Å². The zero-order valence-electron chi connectivity index (χ0n) is 10.8. The highest BCUT2D eigenvalue weighted by Crippen LogP contribution is 2.31. The van der Waals surface area contributed by atoms with Gasteiger partial charge in [-0.05, 0) is 42.6 Å². The molecule has 0 fully saturated rings. The predicted molar refractivity (Wildman–Crippen MR) is 79.9 cm³/mol. The van der Waals surface area contributed by atoms with E-state index in [1.165, 1.54) is 0 Å². The van der Waals surface area contributed by atoms with Crippen LogP contribution in [0, 0.1) is 0 Å². The average molecular weight is 298 g/mol. The number of nitrogens with one attached hydrogen (secondary N) is 1. The highest BCUT2D eigenvalue weighted by Gasteiger charge is 2.16. The number of rotatable bonds is 6. The van der Waals surface area contributed by atoms with Gasteiger partial charge in [0.25, 0.3) is 0 Å². The predicted octanol–water partition coefficient (Wildman–Crippen LogP) is 4.87. The van der Waals surface area contributed by atoms with Gasteiger partial charge in [0.2, 0.25) is 0 Å². The van der Waals surface area contributed by atoms with Crippen molar-refractivity contribution in [1.82, 2.24) is 5.32 Å². The lowest BCUT2D eigenvalue weighted by Crippen LogP contribution is -2.24. The van der Waals surface area contributed by atoms with Crippen molar-refractivity contribution in [2.24, 2.45) is 0 Å². The number of furan rings is 1. The standard InChI is InChI=1S/C15H17Cl2NO/c1-2-7-18-14(9-11-6-8-19-10-11)12-4-3-5-13(16)15(12)17/h3-6,8,10,14,18H,2,7,9H2,1H3. The van der Waals surface area contributed by atoms with E-state index in [4.69, 9.17) is 27.6 Å². The molecule has 1 unspecified atom stereocenters. The molecule has 1 aromatic heterocycles. The molecule has 0 aliphatic carbocycles. The molecule has 0 radical (unpaired) electrons. The van der Waals surface area contributed by atoms with Crippen molar-refractivity contribution < 1.29 is 4.42 Å². The maximum atomic E-state index is 6.31. The van der Waals surface area contributed by atoms with Crippen molar-refractivity contribution >= 4 is 23.2 Å². The molecular formula is C15H17Cl2NO. The molecule has 1 atom stereocenters. The fourth-order valence-corrected chi connectivity index (χ4v) is 2.48. The van der Waals surface area contributed by atoms with Crippen molar-refractivity contribution in [3.63, 3.8) is 0 Å². The first-order chi connectivity index (χ1) is 9.22. The van der Waals surface area contributed by atoms with Crippen LogP contribution < -0.4 is 5.32 Å². The summed E-state index contributed by atoms with van der Waals surface area (Å²) in [4.78, 5) is 0. The summed E-state index contributed by atoms with van der Waals surface area (Å²) >= 11 is 12.4. The first-order valence-electron chi connectivity index (χ1n) is 6.40. The third-order valence-electron chi connectivity index (χ3n) is 3.02. The number of hydrogen-bond donors (Lipinski definition) is 1. The van der Waals surface area contributed by atoms with Gasteiger partial charge in [0.15, 0.2) is 0 Å². The van der Waals surface area contributed by atoms with E-state index in [1.54, 1.807) is 12.5 Å². The lowest BCUT2D eigenvalue weighted by Gasteiger charge is -2.20. The largest absolute Gasteiger partial charge is 0.472 e. The normalized spacial score (nSPS) is 12.6. The van der Waals surface area contributed by atoms with Gasteiger partial charge in [-0.25, -0.2) is 0 Å². The molecule has 0 bridgehead atoms. The van der Waals surface area contributed by atoms with Gasteiger partial charge in [0.1, 0.15) is 0 Å². The average Bonchev–Trinajstić information content (AvgIpc) is 2.91. The number of benzene rings is 1. The van der Waals surface area contributed by atoms with Crippen LogP contribution >= 0.6 is 23.2 Å². The summed E-state index contributed by atoms with van der Waals surface area (Å²) < 4.78 is 5.12. The summed E-state index contributed by atoms with van der Waals surface area (Å²) in [7, 11) is 0. The number of halogens is 2. The Morgan fingerprint density at radius 3 is 2.79 bits per heavy atom. The molecule has 0 amide bonds. The second-order valence-corrected chi connectivity index (χ2v) is 5.27. The van der Waals surface area contributed by atoms with Gasteiger partial charge >= 0.3 is 0 Å². The third-order valence-corrected chi connectivity index (χ3v) is 3.85. The van der Waals surface area contributed by atoms with Crippen LogP contribution in [0.4, 0.5) is 0 Å². The summed E-state index contributed by atoms with van der Waals surface area (Å²) in [5, 5.41) is 4.73. The molecule has 1 N–H and O–H groups in total. The molecule has 1 heterocycles. The monoisotopic (exact) mass is 297 g/mol. The third kappa shape index (κ3) is 3.75. The van der Waals surface area contributed by atoms with Crippen molar-refractivity contribution in [3.8, 4) is 0 Å². The molecule has 102 valence electrons. The minimum absolute atomic E-state index is 0.142. The van der Waals surface area contributed by atoms with Crippen molar-refractivity contribution in [2.45, 2.75) is 25.8 Å². The molecule has 1 aromatic carbocycles. The molecule has 2 aromatic rings. The highest BCUT2D eigenvalue weighted by atomic mass is 35.5. The summed E-state index contributed by atoms with van der Waals surface area (Å²) in [6, 6.07) is 7.87. The molecule has 0 saturated carbocycles. The minimum Gasteiger partial charge on any atom is -0.472 e. The van der Waals surface area contributed by atoms with Crippen LogP contribution in [0.15, 0.2) is 41.2 Å². The second-order valence-electron chi connectivity index (χ2n) is 4.49. The van der Waals surface area contributed by atoms with Crippen LogP contribution in [0.25, 0.3) is 0 Å². The lowest BCUT2D eigenvalue weighted by molar-refractivity contribution is 0.520. The lowest BCUT2D eigenvalue weighted by atomic mass is 10.00. The smallest absolute Gasteiger partial charge is 0.0935 e. The van der Waals surface area contributed by atoms with Crippen LogP contribution in [-0.2, 0) is 6.42 Å². The van der Waals surface area contributed by atoms with E-state index in [9.17, 15) is 0 Å². The van der Waals surface area contributed by atoms with E-state index in [0.29, 0.717) is 10.0 Å².